The number of aliphatic imine (C=N–C) groups is 2. The first-order valence-electron chi connectivity index (χ1n) is 8.58. The summed E-state index contributed by atoms with van der Waals surface area (Å²) in [7, 11) is 0. The second-order valence-corrected chi connectivity index (χ2v) is 5.51. The van der Waals surface area contributed by atoms with Crippen molar-refractivity contribution in [3.05, 3.63) is 108 Å². The zero-order valence-electron chi connectivity index (χ0n) is 15.8. The topological polar surface area (TPSA) is 111 Å². The third-order valence-corrected chi connectivity index (χ3v) is 3.41. The quantitative estimate of drug-likeness (QED) is 0.264. The zero-order chi connectivity index (χ0) is 21.0. The summed E-state index contributed by atoms with van der Waals surface area (Å²) in [6.07, 6.45) is 11.6. The number of nitrogens with zero attached hydrogens (tertiary/aromatic N) is 4. The first-order valence-corrected chi connectivity index (χ1v) is 8.58. The Labute approximate surface area is 187 Å². The first-order chi connectivity index (χ1) is 14.7. The number of furan rings is 2. The second-order valence-electron chi connectivity index (χ2n) is 5.51. The predicted molar refractivity (Wildman–Crippen MR) is 107 cm³/mol. The molecular weight excluding hydrogens is 443 g/mol. The van der Waals surface area contributed by atoms with Gasteiger partial charge in [-0.3, -0.25) is 19.6 Å². The third kappa shape index (κ3) is 7.76. The van der Waals surface area contributed by atoms with Crippen molar-refractivity contribution in [2.75, 3.05) is 0 Å². The fourth-order valence-electron chi connectivity index (χ4n) is 2.01. The van der Waals surface area contributed by atoms with Crippen molar-refractivity contribution >= 4 is 24.2 Å². The number of aromatic nitrogens is 2. The summed E-state index contributed by atoms with van der Waals surface area (Å²) in [5.41, 5.74) is 0.897. The largest absolute Gasteiger partial charge is 2.00 e. The van der Waals surface area contributed by atoms with E-state index in [-0.39, 0.29) is 28.3 Å². The maximum Gasteiger partial charge on any atom is 2.00 e. The maximum atomic E-state index is 11.5. The van der Waals surface area contributed by atoms with Crippen LogP contribution < -0.4 is 0 Å². The number of hydrogen-bond acceptors (Lipinski definition) is 6. The molecule has 0 fully saturated rings. The van der Waals surface area contributed by atoms with Crippen molar-refractivity contribution in [3.8, 4) is 0 Å². The average molecular weight is 457 g/mol. The first kappa shape index (κ1) is 23.3. The van der Waals surface area contributed by atoms with Gasteiger partial charge in [0.2, 0.25) is 0 Å². The van der Waals surface area contributed by atoms with Gasteiger partial charge >= 0.3 is 16.5 Å². The van der Waals surface area contributed by atoms with Crippen LogP contribution in [0.25, 0.3) is 0 Å². The van der Waals surface area contributed by atoms with Crippen LogP contribution >= 0.6 is 0 Å². The van der Waals surface area contributed by atoms with Crippen molar-refractivity contribution in [1.29, 1.82) is 0 Å². The Morgan fingerprint density at radius 3 is 1.58 bits per heavy atom. The molecule has 0 saturated carbocycles. The summed E-state index contributed by atoms with van der Waals surface area (Å²) < 4.78 is 9.89. The monoisotopic (exact) mass is 456 g/mol. The van der Waals surface area contributed by atoms with Crippen molar-refractivity contribution in [2.24, 2.45) is 9.98 Å². The Kier molecular flexibility index (Phi) is 9.45. The van der Waals surface area contributed by atoms with Crippen LogP contribution in [0, 0.1) is 12.1 Å². The maximum absolute atomic E-state index is 11.5. The van der Waals surface area contributed by atoms with Crippen molar-refractivity contribution < 1.29 is 34.9 Å². The SMILES string of the molecule is O=C(N=Cc1c[c-]co1)c1cccnc1.O=C(N=Cc1c[c-]co1)c1cccnc1.[Ni+2]. The molecule has 9 heteroatoms. The van der Waals surface area contributed by atoms with Gasteiger partial charge in [-0.25, -0.2) is 22.1 Å². The summed E-state index contributed by atoms with van der Waals surface area (Å²) in [5.74, 6) is 0.290. The molecule has 0 atom stereocenters. The van der Waals surface area contributed by atoms with E-state index in [4.69, 9.17) is 8.83 Å². The smallest absolute Gasteiger partial charge is 0.568 e. The van der Waals surface area contributed by atoms with Crippen molar-refractivity contribution in [1.82, 2.24) is 9.97 Å². The van der Waals surface area contributed by atoms with Gasteiger partial charge in [-0.1, -0.05) is 0 Å². The van der Waals surface area contributed by atoms with Crippen molar-refractivity contribution in [3.63, 3.8) is 0 Å². The molecule has 156 valence electrons. The molecule has 4 rings (SSSR count). The van der Waals surface area contributed by atoms with Gasteiger partial charge in [0, 0.05) is 24.8 Å². The van der Waals surface area contributed by atoms with E-state index in [9.17, 15) is 9.59 Å². The van der Waals surface area contributed by atoms with Crippen LogP contribution in [-0.4, -0.2) is 34.2 Å². The van der Waals surface area contributed by atoms with E-state index < -0.39 is 0 Å². The van der Waals surface area contributed by atoms with Crippen LogP contribution in [0.2, 0.25) is 0 Å². The number of amides is 2. The van der Waals surface area contributed by atoms with E-state index in [1.807, 2.05) is 0 Å². The minimum Gasteiger partial charge on any atom is -0.568 e. The van der Waals surface area contributed by atoms with Crippen LogP contribution in [0.3, 0.4) is 0 Å². The molecule has 4 aromatic rings. The molecule has 0 aliphatic carbocycles. The van der Waals surface area contributed by atoms with Crippen LogP contribution in [0.4, 0.5) is 0 Å². The van der Waals surface area contributed by atoms with Gasteiger partial charge in [-0.05, 0) is 60.7 Å². The van der Waals surface area contributed by atoms with E-state index in [0.717, 1.165) is 0 Å². The third-order valence-electron chi connectivity index (χ3n) is 3.41. The molecule has 0 saturated heterocycles. The van der Waals surface area contributed by atoms with E-state index >= 15 is 0 Å². The molecule has 0 aliphatic heterocycles. The van der Waals surface area contributed by atoms with Crippen LogP contribution in [0.1, 0.15) is 32.2 Å². The molecule has 8 nitrogen and oxygen atoms in total. The van der Waals surface area contributed by atoms with E-state index in [0.29, 0.717) is 22.6 Å². The summed E-state index contributed by atoms with van der Waals surface area (Å²) in [6.45, 7) is 0. The van der Waals surface area contributed by atoms with Crippen LogP contribution in [0.5, 0.6) is 0 Å². The number of carbonyl (C=O) groups excluding carboxylic acids is 2. The summed E-state index contributed by atoms with van der Waals surface area (Å²) >= 11 is 0. The summed E-state index contributed by atoms with van der Waals surface area (Å²) in [6, 6.07) is 15.3. The predicted octanol–water partition coefficient (Wildman–Crippen LogP) is 3.47. The second kappa shape index (κ2) is 12.6. The number of hydrogen-bond donors (Lipinski definition) is 0. The Morgan fingerprint density at radius 2 is 1.26 bits per heavy atom. The van der Waals surface area contributed by atoms with Gasteiger partial charge in [0.25, 0.3) is 11.8 Å². The molecule has 0 bridgehead atoms. The molecule has 2 amide bonds. The molecule has 0 radical (unpaired) electrons. The molecule has 0 aliphatic rings. The fraction of sp³-hybridized carbons (Fsp3) is 0. The minimum absolute atomic E-state index is 0. The van der Waals surface area contributed by atoms with Crippen LogP contribution in [0.15, 0.2) is 92.5 Å². The van der Waals surface area contributed by atoms with Gasteiger partial charge in [-0.15, -0.1) is 0 Å². The standard InChI is InChI=1S/2C11H7N2O2.Ni/c2*14-11(9-3-1-5-12-7-9)13-8-10-4-2-6-15-10;/h2*1,3-8H;/q2*-1;+2. The van der Waals surface area contributed by atoms with Crippen molar-refractivity contribution in [2.45, 2.75) is 0 Å². The van der Waals surface area contributed by atoms with E-state index in [2.05, 4.69) is 32.1 Å². The molecule has 0 aromatic carbocycles. The normalized spacial score (nSPS) is 10.3. The zero-order valence-corrected chi connectivity index (χ0v) is 16.8. The Balaban J connectivity index is 0.000000213. The summed E-state index contributed by atoms with van der Waals surface area (Å²) in [5, 5.41) is 0. The van der Waals surface area contributed by atoms with Gasteiger partial charge < -0.3 is 8.83 Å². The summed E-state index contributed by atoms with van der Waals surface area (Å²) in [4.78, 5) is 38.0. The number of pyridine rings is 2. The van der Waals surface area contributed by atoms with E-state index in [1.165, 1.54) is 37.3 Å². The van der Waals surface area contributed by atoms with Gasteiger partial charge in [0.05, 0.1) is 11.1 Å². The molecule has 0 N–H and O–H groups in total. The Morgan fingerprint density at radius 1 is 0.806 bits per heavy atom. The van der Waals surface area contributed by atoms with Gasteiger partial charge in [-0.2, -0.15) is 12.1 Å². The fourth-order valence-corrected chi connectivity index (χ4v) is 2.01. The van der Waals surface area contributed by atoms with Gasteiger partial charge in [0.15, 0.2) is 0 Å². The van der Waals surface area contributed by atoms with Gasteiger partial charge in [0.1, 0.15) is 0 Å². The molecule has 4 aromatic heterocycles. The minimum atomic E-state index is -0.348. The number of carbonyl (C=O) groups is 2. The Bertz CT molecular complexity index is 1020. The van der Waals surface area contributed by atoms with E-state index in [1.54, 1.807) is 48.8 Å². The molecule has 4 heterocycles. The molecule has 0 spiro atoms. The molecular formula is C22H14N4NiO4. The average Bonchev–Trinajstić information content (AvgIpc) is 3.52. The molecule has 0 unspecified atom stereocenters. The number of rotatable bonds is 4. The molecule has 31 heavy (non-hydrogen) atoms. The van der Waals surface area contributed by atoms with Crippen LogP contribution in [-0.2, 0) is 16.5 Å². The Hall–Kier alpha value is -3.97.